The Hall–Kier alpha value is -0.450. The van der Waals surface area contributed by atoms with Crippen molar-refractivity contribution >= 4 is 11.3 Å². The van der Waals surface area contributed by atoms with Crippen LogP contribution in [0, 0.1) is 0 Å². The zero-order valence-corrected chi connectivity index (χ0v) is 8.97. The number of hydrogen-bond donors (Lipinski definition) is 1. The molecule has 0 saturated heterocycles. The number of hydrogen-bond acceptors (Lipinski definition) is 4. The van der Waals surface area contributed by atoms with Gasteiger partial charge in [0.2, 0.25) is 0 Å². The monoisotopic (exact) mass is 200 g/mol. The van der Waals surface area contributed by atoms with Crippen LogP contribution in [0.5, 0.6) is 0 Å². The van der Waals surface area contributed by atoms with E-state index in [1.165, 1.54) is 4.88 Å². The van der Waals surface area contributed by atoms with Crippen LogP contribution in [0.2, 0.25) is 0 Å². The maximum atomic E-state index is 8.72. The van der Waals surface area contributed by atoms with Gasteiger partial charge in [0.05, 0.1) is 5.01 Å². The Morgan fingerprint density at radius 3 is 2.85 bits per heavy atom. The van der Waals surface area contributed by atoms with E-state index >= 15 is 0 Å². The van der Waals surface area contributed by atoms with Gasteiger partial charge >= 0.3 is 0 Å². The van der Waals surface area contributed by atoms with Crippen molar-refractivity contribution in [3.05, 3.63) is 16.1 Å². The second-order valence-electron chi connectivity index (χ2n) is 3.25. The van der Waals surface area contributed by atoms with Crippen LogP contribution in [-0.2, 0) is 12.8 Å². The smallest absolute Gasteiger partial charge is 0.0940 e. The molecule has 0 saturated carbocycles. The van der Waals surface area contributed by atoms with E-state index in [0.29, 0.717) is 0 Å². The normalized spacial score (nSPS) is 11.1. The van der Waals surface area contributed by atoms with Crippen LogP contribution in [0.4, 0.5) is 0 Å². The number of aromatic nitrogens is 1. The van der Waals surface area contributed by atoms with E-state index in [1.807, 2.05) is 6.20 Å². The summed E-state index contributed by atoms with van der Waals surface area (Å²) in [5, 5.41) is 9.88. The zero-order chi connectivity index (χ0) is 9.68. The van der Waals surface area contributed by atoms with Crippen LogP contribution in [0.25, 0.3) is 0 Å². The minimum absolute atomic E-state index is 0.218. The van der Waals surface area contributed by atoms with Crippen molar-refractivity contribution < 1.29 is 5.11 Å². The molecular weight excluding hydrogens is 184 g/mol. The Morgan fingerprint density at radius 2 is 2.23 bits per heavy atom. The van der Waals surface area contributed by atoms with Gasteiger partial charge in [-0.25, -0.2) is 4.98 Å². The van der Waals surface area contributed by atoms with Gasteiger partial charge in [-0.05, 0) is 14.1 Å². The predicted molar refractivity (Wildman–Crippen MR) is 55.2 cm³/mol. The highest BCUT2D eigenvalue weighted by molar-refractivity contribution is 7.11. The zero-order valence-electron chi connectivity index (χ0n) is 8.16. The van der Waals surface area contributed by atoms with Crippen LogP contribution in [0.1, 0.15) is 9.88 Å². The Kier molecular flexibility index (Phi) is 4.35. The molecule has 74 valence electrons. The van der Waals surface area contributed by atoms with E-state index in [1.54, 1.807) is 11.3 Å². The van der Waals surface area contributed by atoms with Gasteiger partial charge in [0.1, 0.15) is 0 Å². The van der Waals surface area contributed by atoms with Gasteiger partial charge in [0.15, 0.2) is 0 Å². The first-order valence-electron chi connectivity index (χ1n) is 4.41. The fourth-order valence-corrected chi connectivity index (χ4v) is 1.91. The molecule has 4 heteroatoms. The fraction of sp³-hybridized carbons (Fsp3) is 0.667. The summed E-state index contributed by atoms with van der Waals surface area (Å²) in [5.74, 6) is 0. The molecule has 0 aromatic carbocycles. The van der Waals surface area contributed by atoms with Gasteiger partial charge in [-0.15, -0.1) is 11.3 Å². The average Bonchev–Trinajstić information content (AvgIpc) is 2.50. The molecule has 1 aromatic rings. The van der Waals surface area contributed by atoms with Crippen LogP contribution >= 0.6 is 11.3 Å². The van der Waals surface area contributed by atoms with Gasteiger partial charge in [0, 0.05) is 37.1 Å². The summed E-state index contributed by atoms with van der Waals surface area (Å²) < 4.78 is 0. The second-order valence-corrected chi connectivity index (χ2v) is 4.45. The molecule has 0 aliphatic rings. The van der Waals surface area contributed by atoms with Crippen molar-refractivity contribution in [2.75, 3.05) is 27.2 Å². The van der Waals surface area contributed by atoms with E-state index in [0.717, 1.165) is 24.4 Å². The van der Waals surface area contributed by atoms with Crippen LogP contribution < -0.4 is 0 Å². The molecule has 0 fully saturated rings. The molecule has 0 aliphatic heterocycles. The summed E-state index contributed by atoms with van der Waals surface area (Å²) in [6.07, 6.45) is 3.61. The Morgan fingerprint density at radius 1 is 1.46 bits per heavy atom. The highest BCUT2D eigenvalue weighted by Gasteiger charge is 2.01. The lowest BCUT2D eigenvalue weighted by atomic mass is 10.4. The van der Waals surface area contributed by atoms with E-state index in [2.05, 4.69) is 24.0 Å². The lowest BCUT2D eigenvalue weighted by molar-refractivity contribution is 0.300. The minimum Gasteiger partial charge on any atom is -0.396 e. The standard InChI is InChI=1S/C9H16N2OS/c1-11(2)5-3-9-10-7-8(13-9)4-6-12/h7,12H,3-6H2,1-2H3. The van der Waals surface area contributed by atoms with E-state index in [9.17, 15) is 0 Å². The van der Waals surface area contributed by atoms with Crippen molar-refractivity contribution in [3.63, 3.8) is 0 Å². The largest absolute Gasteiger partial charge is 0.396 e. The lowest BCUT2D eigenvalue weighted by Gasteiger charge is -2.06. The molecule has 1 aromatic heterocycles. The molecule has 0 unspecified atom stereocenters. The van der Waals surface area contributed by atoms with Crippen LogP contribution in [-0.4, -0.2) is 42.2 Å². The Bertz CT molecular complexity index is 248. The molecule has 0 bridgehead atoms. The first kappa shape index (κ1) is 10.6. The van der Waals surface area contributed by atoms with Crippen molar-refractivity contribution in [2.24, 2.45) is 0 Å². The van der Waals surface area contributed by atoms with Crippen molar-refractivity contribution in [1.29, 1.82) is 0 Å². The number of rotatable bonds is 5. The molecule has 0 radical (unpaired) electrons. The van der Waals surface area contributed by atoms with Gasteiger partial charge in [0.25, 0.3) is 0 Å². The number of aliphatic hydroxyl groups is 1. The molecule has 1 heterocycles. The van der Waals surface area contributed by atoms with Gasteiger partial charge in [-0.2, -0.15) is 0 Å². The van der Waals surface area contributed by atoms with Gasteiger partial charge in [-0.3, -0.25) is 0 Å². The Labute approximate surface area is 83.0 Å². The molecule has 0 amide bonds. The topological polar surface area (TPSA) is 36.4 Å². The second kappa shape index (κ2) is 5.32. The SMILES string of the molecule is CN(C)CCc1ncc(CCO)s1. The van der Waals surface area contributed by atoms with Crippen molar-refractivity contribution in [2.45, 2.75) is 12.8 Å². The summed E-state index contributed by atoms with van der Waals surface area (Å²) in [4.78, 5) is 7.61. The molecule has 0 aliphatic carbocycles. The van der Waals surface area contributed by atoms with Crippen LogP contribution in [0.3, 0.4) is 0 Å². The summed E-state index contributed by atoms with van der Waals surface area (Å²) in [7, 11) is 4.12. The first-order chi connectivity index (χ1) is 6.22. The highest BCUT2D eigenvalue weighted by Crippen LogP contribution is 2.13. The summed E-state index contributed by atoms with van der Waals surface area (Å²) >= 11 is 1.70. The predicted octanol–water partition coefficient (Wildman–Crippen LogP) is 0.782. The quantitative estimate of drug-likeness (QED) is 0.763. The number of aliphatic hydroxyl groups excluding tert-OH is 1. The first-order valence-corrected chi connectivity index (χ1v) is 5.23. The highest BCUT2D eigenvalue weighted by atomic mass is 32.1. The third-order valence-electron chi connectivity index (χ3n) is 1.73. The summed E-state index contributed by atoms with van der Waals surface area (Å²) in [5.41, 5.74) is 0. The van der Waals surface area contributed by atoms with Crippen molar-refractivity contribution in [1.82, 2.24) is 9.88 Å². The lowest BCUT2D eigenvalue weighted by Crippen LogP contribution is -2.14. The van der Waals surface area contributed by atoms with Gasteiger partial charge in [-0.1, -0.05) is 0 Å². The Balaban J connectivity index is 2.39. The third kappa shape index (κ3) is 3.85. The van der Waals surface area contributed by atoms with Crippen molar-refractivity contribution in [3.8, 4) is 0 Å². The third-order valence-corrected chi connectivity index (χ3v) is 2.85. The van der Waals surface area contributed by atoms with Gasteiger partial charge < -0.3 is 10.0 Å². The maximum Gasteiger partial charge on any atom is 0.0940 e. The van der Waals surface area contributed by atoms with E-state index < -0.39 is 0 Å². The molecule has 0 spiro atoms. The number of nitrogens with zero attached hydrogens (tertiary/aromatic N) is 2. The molecule has 1 N–H and O–H groups in total. The number of likely N-dealkylation sites (N-methyl/N-ethyl adjacent to an activating group) is 1. The molecular formula is C9H16N2OS. The summed E-state index contributed by atoms with van der Waals surface area (Å²) in [6.45, 7) is 1.25. The molecule has 13 heavy (non-hydrogen) atoms. The van der Waals surface area contributed by atoms with E-state index in [4.69, 9.17) is 5.11 Å². The minimum atomic E-state index is 0.218. The van der Waals surface area contributed by atoms with E-state index in [-0.39, 0.29) is 6.61 Å². The van der Waals surface area contributed by atoms with Crippen LogP contribution in [0.15, 0.2) is 6.20 Å². The maximum absolute atomic E-state index is 8.72. The number of thiazole rings is 1. The fourth-order valence-electron chi connectivity index (χ4n) is 1.01. The average molecular weight is 200 g/mol. The summed E-state index contributed by atoms with van der Waals surface area (Å²) in [6, 6.07) is 0. The molecule has 1 rings (SSSR count). The molecule has 0 atom stereocenters. The molecule has 3 nitrogen and oxygen atoms in total.